The highest BCUT2D eigenvalue weighted by atomic mass is 32.2. The minimum absolute atomic E-state index is 0.135. The first-order valence-electron chi connectivity index (χ1n) is 6.74. The summed E-state index contributed by atoms with van der Waals surface area (Å²) in [7, 11) is 0. The molecule has 102 valence electrons. The molecular weight excluding hydrogens is 248 g/mol. The van der Waals surface area contributed by atoms with Crippen molar-refractivity contribution in [3.05, 3.63) is 0 Å². The predicted octanol–water partition coefficient (Wildman–Crippen LogP) is 1.35. The molecule has 0 spiro atoms. The molecule has 5 heteroatoms. The van der Waals surface area contributed by atoms with E-state index in [0.717, 1.165) is 38.8 Å². The van der Waals surface area contributed by atoms with Crippen LogP contribution in [-0.4, -0.2) is 58.8 Å². The van der Waals surface area contributed by atoms with Gasteiger partial charge in [0.2, 0.25) is 11.8 Å². The molecule has 2 fully saturated rings. The van der Waals surface area contributed by atoms with E-state index in [-0.39, 0.29) is 24.4 Å². The average Bonchev–Trinajstić information content (AvgIpc) is 2.41. The van der Waals surface area contributed by atoms with Crippen molar-refractivity contribution in [3.8, 4) is 0 Å². The molecule has 2 atom stereocenters. The molecule has 0 aromatic rings. The van der Waals surface area contributed by atoms with Crippen LogP contribution in [0.15, 0.2) is 0 Å². The second kappa shape index (κ2) is 5.95. The number of hydrogen-bond donors (Lipinski definition) is 0. The lowest BCUT2D eigenvalue weighted by molar-refractivity contribution is -0.157. The topological polar surface area (TPSA) is 40.6 Å². The molecule has 0 radical (unpaired) electrons. The number of carbonyl (C=O) groups excluding carboxylic acids is 2. The van der Waals surface area contributed by atoms with Crippen LogP contribution in [0.5, 0.6) is 0 Å². The van der Waals surface area contributed by atoms with Crippen LogP contribution in [0.25, 0.3) is 0 Å². The van der Waals surface area contributed by atoms with Gasteiger partial charge in [0.25, 0.3) is 0 Å². The summed E-state index contributed by atoms with van der Waals surface area (Å²) in [4.78, 5) is 27.9. The van der Waals surface area contributed by atoms with Crippen LogP contribution < -0.4 is 0 Å². The fourth-order valence-corrected chi connectivity index (χ4v) is 3.02. The Balaban J connectivity index is 1.96. The Morgan fingerprint density at radius 3 is 2.89 bits per heavy atom. The van der Waals surface area contributed by atoms with Crippen molar-refractivity contribution < 1.29 is 9.59 Å². The van der Waals surface area contributed by atoms with Crippen LogP contribution in [0.4, 0.5) is 0 Å². The summed E-state index contributed by atoms with van der Waals surface area (Å²) in [6.07, 6.45) is 6.00. The fourth-order valence-electron chi connectivity index (χ4n) is 2.67. The second-order valence-corrected chi connectivity index (χ2v) is 6.47. The second-order valence-electron chi connectivity index (χ2n) is 5.19. The van der Waals surface area contributed by atoms with E-state index in [0.29, 0.717) is 5.25 Å². The van der Waals surface area contributed by atoms with Crippen molar-refractivity contribution in [2.45, 2.75) is 43.9 Å². The Bertz CT molecular complexity index is 335. The first kappa shape index (κ1) is 13.7. The fraction of sp³-hybridized carbons (Fsp3) is 0.846. The maximum absolute atomic E-state index is 12.3. The van der Waals surface area contributed by atoms with Crippen LogP contribution in [0.2, 0.25) is 0 Å². The lowest BCUT2D eigenvalue weighted by atomic mass is 9.98. The van der Waals surface area contributed by atoms with E-state index < -0.39 is 0 Å². The highest BCUT2D eigenvalue weighted by Crippen LogP contribution is 2.23. The molecular formula is C13H22N2O2S. The first-order valence-corrected chi connectivity index (χ1v) is 8.03. The zero-order valence-corrected chi connectivity index (χ0v) is 12.0. The number of carbonyl (C=O) groups is 2. The van der Waals surface area contributed by atoms with Crippen molar-refractivity contribution >= 4 is 23.6 Å². The third kappa shape index (κ3) is 2.82. The van der Waals surface area contributed by atoms with Gasteiger partial charge in [-0.2, -0.15) is 11.8 Å². The standard InChI is InChI=1S/C13H22N2O2S/c1-10(18-2)6-8-14-9-12(16)15-7-4-3-5-11(15)13(14)17/h10-11H,3-9H2,1-2H3. The van der Waals surface area contributed by atoms with Crippen LogP contribution in [0, 0.1) is 0 Å². The van der Waals surface area contributed by atoms with Gasteiger partial charge in [0.05, 0.1) is 6.54 Å². The van der Waals surface area contributed by atoms with E-state index in [1.54, 1.807) is 21.6 Å². The summed E-state index contributed by atoms with van der Waals surface area (Å²) in [5.74, 6) is 0.304. The molecule has 18 heavy (non-hydrogen) atoms. The van der Waals surface area contributed by atoms with Gasteiger partial charge >= 0.3 is 0 Å². The molecule has 2 amide bonds. The van der Waals surface area contributed by atoms with Gasteiger partial charge in [-0.05, 0) is 31.9 Å². The lowest BCUT2D eigenvalue weighted by Crippen LogP contribution is -2.61. The molecule has 2 rings (SSSR count). The molecule has 0 aromatic heterocycles. The van der Waals surface area contributed by atoms with Crippen molar-refractivity contribution in [3.63, 3.8) is 0 Å². The Hall–Kier alpha value is -0.710. The highest BCUT2D eigenvalue weighted by molar-refractivity contribution is 7.99. The Morgan fingerprint density at radius 1 is 1.39 bits per heavy atom. The lowest BCUT2D eigenvalue weighted by Gasteiger charge is -2.42. The van der Waals surface area contributed by atoms with Gasteiger partial charge in [-0.15, -0.1) is 0 Å². The minimum Gasteiger partial charge on any atom is -0.332 e. The molecule has 0 aliphatic carbocycles. The molecule has 2 saturated heterocycles. The van der Waals surface area contributed by atoms with Gasteiger partial charge in [-0.1, -0.05) is 6.92 Å². The quantitative estimate of drug-likeness (QED) is 0.774. The number of piperidine rings is 1. The maximum Gasteiger partial charge on any atom is 0.245 e. The smallest absolute Gasteiger partial charge is 0.245 e. The molecule has 4 nitrogen and oxygen atoms in total. The van der Waals surface area contributed by atoms with Crippen molar-refractivity contribution in [2.75, 3.05) is 25.9 Å². The largest absolute Gasteiger partial charge is 0.332 e. The number of thioether (sulfide) groups is 1. The summed E-state index contributed by atoms with van der Waals surface area (Å²) in [5.41, 5.74) is 0. The molecule has 2 aliphatic heterocycles. The summed E-state index contributed by atoms with van der Waals surface area (Å²) < 4.78 is 0. The molecule has 0 saturated carbocycles. The van der Waals surface area contributed by atoms with E-state index in [1.165, 1.54) is 0 Å². The zero-order valence-electron chi connectivity index (χ0n) is 11.2. The van der Waals surface area contributed by atoms with Gasteiger partial charge in [0, 0.05) is 18.3 Å². The SMILES string of the molecule is CSC(C)CCN1CC(=O)N2CCCCC2C1=O. The number of amides is 2. The molecule has 2 aliphatic rings. The van der Waals surface area contributed by atoms with E-state index >= 15 is 0 Å². The molecule has 0 aromatic carbocycles. The molecule has 0 N–H and O–H groups in total. The Labute approximate surface area is 113 Å². The van der Waals surface area contributed by atoms with Gasteiger partial charge in [0.15, 0.2) is 0 Å². The van der Waals surface area contributed by atoms with Crippen molar-refractivity contribution in [1.82, 2.24) is 9.80 Å². The monoisotopic (exact) mass is 270 g/mol. The van der Waals surface area contributed by atoms with E-state index in [4.69, 9.17) is 0 Å². The number of rotatable bonds is 4. The average molecular weight is 270 g/mol. The number of piperazine rings is 1. The normalized spacial score (nSPS) is 26.2. The summed E-state index contributed by atoms with van der Waals surface area (Å²) in [6, 6.07) is -0.162. The summed E-state index contributed by atoms with van der Waals surface area (Å²) in [5, 5.41) is 0.539. The van der Waals surface area contributed by atoms with Gasteiger partial charge in [-0.25, -0.2) is 0 Å². The highest BCUT2D eigenvalue weighted by Gasteiger charge is 2.39. The number of fused-ring (bicyclic) bond motifs is 1. The summed E-state index contributed by atoms with van der Waals surface area (Å²) >= 11 is 1.80. The van der Waals surface area contributed by atoms with Gasteiger partial charge in [-0.3, -0.25) is 9.59 Å². The summed E-state index contributed by atoms with van der Waals surface area (Å²) in [6.45, 7) is 3.94. The molecule has 0 bridgehead atoms. The van der Waals surface area contributed by atoms with Crippen molar-refractivity contribution in [2.24, 2.45) is 0 Å². The third-order valence-corrected chi connectivity index (χ3v) is 4.99. The minimum atomic E-state index is -0.162. The van der Waals surface area contributed by atoms with Crippen LogP contribution >= 0.6 is 11.8 Å². The third-order valence-electron chi connectivity index (χ3n) is 3.95. The van der Waals surface area contributed by atoms with E-state index in [9.17, 15) is 9.59 Å². The van der Waals surface area contributed by atoms with Crippen LogP contribution in [0.3, 0.4) is 0 Å². The number of hydrogen-bond acceptors (Lipinski definition) is 3. The molecule has 2 heterocycles. The van der Waals surface area contributed by atoms with E-state index in [1.807, 2.05) is 0 Å². The zero-order chi connectivity index (χ0) is 13.1. The van der Waals surface area contributed by atoms with Crippen LogP contribution in [0.1, 0.15) is 32.6 Å². The van der Waals surface area contributed by atoms with Crippen LogP contribution in [-0.2, 0) is 9.59 Å². The Morgan fingerprint density at radius 2 is 2.17 bits per heavy atom. The van der Waals surface area contributed by atoms with Gasteiger partial charge < -0.3 is 9.80 Å². The number of nitrogens with zero attached hydrogens (tertiary/aromatic N) is 2. The van der Waals surface area contributed by atoms with E-state index in [2.05, 4.69) is 13.2 Å². The molecule has 2 unspecified atom stereocenters. The van der Waals surface area contributed by atoms with Gasteiger partial charge in [0.1, 0.15) is 6.04 Å². The maximum atomic E-state index is 12.3. The Kier molecular flexibility index (Phi) is 4.54. The van der Waals surface area contributed by atoms with Crippen molar-refractivity contribution in [1.29, 1.82) is 0 Å². The first-order chi connectivity index (χ1) is 8.63. The predicted molar refractivity (Wildman–Crippen MR) is 73.5 cm³/mol.